The molecule has 1 spiro atoms. The second kappa shape index (κ2) is 16.6. The first-order valence-corrected chi connectivity index (χ1v) is 27.0. The molecule has 2 heterocycles. The summed E-state index contributed by atoms with van der Waals surface area (Å²) in [5, 5.41) is 8.80. The molecule has 0 aliphatic heterocycles. The summed E-state index contributed by atoms with van der Waals surface area (Å²) in [6.07, 6.45) is 4.10. The maximum Gasteiger partial charge on any atom is 0.0737 e. The van der Waals surface area contributed by atoms with Gasteiger partial charge < -0.3 is 9.80 Å². The van der Waals surface area contributed by atoms with Crippen LogP contribution in [0.25, 0.3) is 79.8 Å². The van der Waals surface area contributed by atoms with Crippen molar-refractivity contribution in [1.29, 1.82) is 0 Å². The predicted octanol–water partition coefficient (Wildman–Crippen LogP) is 20.1. The van der Waals surface area contributed by atoms with Crippen LogP contribution in [0.1, 0.15) is 32.7 Å². The van der Waals surface area contributed by atoms with Gasteiger partial charge in [-0.3, -0.25) is 0 Å². The quantitative estimate of drug-likeness (QED) is 0.140. The predicted molar refractivity (Wildman–Crippen MR) is 319 cm³/mol. The van der Waals surface area contributed by atoms with Crippen molar-refractivity contribution >= 4 is 109 Å². The van der Waals surface area contributed by atoms with E-state index in [1.54, 1.807) is 0 Å². The first-order valence-electron chi connectivity index (χ1n) is 25.4. The Bertz CT molecular complexity index is 4440. The van der Waals surface area contributed by atoms with Gasteiger partial charge in [-0.1, -0.05) is 183 Å². The van der Waals surface area contributed by atoms with Gasteiger partial charge in [0, 0.05) is 42.9 Å². The number of fused-ring (bicyclic) bond motifs is 18. The summed E-state index contributed by atoms with van der Waals surface area (Å²) in [5.74, 6) is 0. The molecule has 0 N–H and O–H groups in total. The van der Waals surface area contributed by atoms with Crippen LogP contribution < -0.4 is 9.80 Å². The maximum atomic E-state index is 4.25. The van der Waals surface area contributed by atoms with E-state index in [0.29, 0.717) is 0 Å². The van der Waals surface area contributed by atoms with E-state index in [1.165, 1.54) is 112 Å². The molecule has 11 aromatic carbocycles. The van der Waals surface area contributed by atoms with Crippen molar-refractivity contribution in [1.82, 2.24) is 0 Å². The fourth-order valence-electron chi connectivity index (χ4n) is 12.8. The summed E-state index contributed by atoms with van der Waals surface area (Å²) in [4.78, 5) is 6.11. The smallest absolute Gasteiger partial charge is 0.0737 e. The Labute approximate surface area is 438 Å². The third kappa shape index (κ3) is 6.10. The van der Waals surface area contributed by atoms with Gasteiger partial charge in [0.05, 0.1) is 26.4 Å². The molecule has 15 rings (SSSR count). The molecule has 2 aromatic heterocycles. The molecule has 0 amide bonds. The Kier molecular flexibility index (Phi) is 9.62. The lowest BCUT2D eigenvalue weighted by Crippen LogP contribution is -2.26. The van der Waals surface area contributed by atoms with Crippen LogP contribution in [0, 0.1) is 6.92 Å². The van der Waals surface area contributed by atoms with E-state index in [9.17, 15) is 0 Å². The van der Waals surface area contributed by atoms with Crippen LogP contribution in [0.3, 0.4) is 0 Å². The van der Waals surface area contributed by atoms with Gasteiger partial charge in [-0.25, -0.2) is 0 Å². The van der Waals surface area contributed by atoms with E-state index >= 15 is 0 Å². The molecule has 4 heteroatoms. The molecule has 348 valence electrons. The zero-order valence-corrected chi connectivity index (χ0v) is 42.2. The summed E-state index contributed by atoms with van der Waals surface area (Å²) in [6, 6.07) is 88.2. The summed E-state index contributed by atoms with van der Waals surface area (Å²) in [7, 11) is 0. The van der Waals surface area contributed by atoms with Crippen molar-refractivity contribution in [2.45, 2.75) is 12.3 Å². The van der Waals surface area contributed by atoms with Crippen molar-refractivity contribution in [3.63, 3.8) is 0 Å². The fraction of sp³-hybridized carbons (Fsp3) is 0.0286. The highest BCUT2D eigenvalue weighted by Gasteiger charge is 2.53. The number of thiophene rings is 2. The summed E-state index contributed by atoms with van der Waals surface area (Å²) in [5.41, 5.74) is 18.0. The minimum absolute atomic E-state index is 0.580. The topological polar surface area (TPSA) is 6.48 Å². The van der Waals surface area contributed by atoms with Crippen LogP contribution in [0.5, 0.6) is 0 Å². The summed E-state index contributed by atoms with van der Waals surface area (Å²) in [6.45, 7) is 6.50. The molecule has 0 fully saturated rings. The van der Waals surface area contributed by atoms with E-state index in [2.05, 4.69) is 266 Å². The molecular formula is C70H46N2S2. The van der Waals surface area contributed by atoms with Gasteiger partial charge in [0.15, 0.2) is 0 Å². The Hall–Kier alpha value is -8.80. The van der Waals surface area contributed by atoms with Gasteiger partial charge in [0.25, 0.3) is 0 Å². The highest BCUT2D eigenvalue weighted by atomic mass is 32.1. The molecule has 0 radical (unpaired) electrons. The minimum Gasteiger partial charge on any atom is -0.309 e. The Morgan fingerprint density at radius 2 is 0.973 bits per heavy atom. The van der Waals surface area contributed by atoms with Crippen LogP contribution in [-0.4, -0.2) is 0 Å². The highest BCUT2D eigenvalue weighted by molar-refractivity contribution is 7.26. The van der Waals surface area contributed by atoms with E-state index in [1.807, 2.05) is 28.7 Å². The van der Waals surface area contributed by atoms with Crippen LogP contribution in [-0.2, 0) is 5.41 Å². The highest BCUT2D eigenvalue weighted by Crippen LogP contribution is 2.65. The van der Waals surface area contributed by atoms with Crippen LogP contribution >= 0.6 is 22.7 Å². The van der Waals surface area contributed by atoms with Gasteiger partial charge in [-0.05, 0) is 157 Å². The largest absolute Gasteiger partial charge is 0.309 e. The van der Waals surface area contributed by atoms with Gasteiger partial charge in [0.2, 0.25) is 0 Å². The number of allylic oxidation sites excluding steroid dienone is 2. The molecule has 0 unspecified atom stereocenters. The molecule has 13 aromatic rings. The number of anilines is 5. The number of rotatable bonds is 8. The number of nitrogens with zero attached hydrogens (tertiary/aromatic N) is 2. The van der Waals surface area contributed by atoms with Crippen molar-refractivity contribution in [2.75, 3.05) is 9.80 Å². The number of para-hydroxylation sites is 2. The molecule has 0 saturated carbocycles. The molecule has 2 aliphatic carbocycles. The molecule has 2 aliphatic rings. The molecule has 0 atom stereocenters. The minimum atomic E-state index is -0.580. The second-order valence-corrected chi connectivity index (χ2v) is 21.7. The van der Waals surface area contributed by atoms with E-state index < -0.39 is 5.41 Å². The Morgan fingerprint density at radius 3 is 1.62 bits per heavy atom. The van der Waals surface area contributed by atoms with Gasteiger partial charge in [0.1, 0.15) is 0 Å². The number of hydrogen-bond acceptors (Lipinski definition) is 4. The zero-order chi connectivity index (χ0) is 49.1. The number of aryl methyl sites for hydroxylation is 1. The molecule has 74 heavy (non-hydrogen) atoms. The van der Waals surface area contributed by atoms with E-state index in [-0.39, 0.29) is 0 Å². The van der Waals surface area contributed by atoms with Crippen LogP contribution in [0.15, 0.2) is 255 Å². The summed E-state index contributed by atoms with van der Waals surface area (Å²) >= 11 is 3.72. The SMILES string of the molecule is C=C/C=C(\c1sc2ccccc2c1C)N(c1ccccc1)c1ccc2c3c(ccc2c1)-c1ccc2cc(N(c4ccccc4)c4cccc5c4sc4ccccc45)ccc2c1C31c2ccccc2-c2ccccc21. The fourth-order valence-corrected chi connectivity index (χ4v) is 15.2. The van der Waals surface area contributed by atoms with Crippen molar-refractivity contribution in [3.05, 3.63) is 288 Å². The molecular weight excluding hydrogens is 933 g/mol. The Morgan fingerprint density at radius 1 is 0.432 bits per heavy atom. The van der Waals surface area contributed by atoms with Crippen LogP contribution in [0.2, 0.25) is 0 Å². The lowest BCUT2D eigenvalue weighted by atomic mass is 9.68. The lowest BCUT2D eigenvalue weighted by molar-refractivity contribution is 0.809. The van der Waals surface area contributed by atoms with Gasteiger partial charge in [-0.15, -0.1) is 22.7 Å². The van der Waals surface area contributed by atoms with Crippen molar-refractivity contribution in [2.24, 2.45) is 0 Å². The van der Waals surface area contributed by atoms with E-state index in [0.717, 1.165) is 28.4 Å². The average molecular weight is 979 g/mol. The number of benzene rings is 11. The standard InChI is InChI=1S/C70H46N2S2/c1-3-19-62(68-44(2)51-24-12-16-32-64(51)73-68)71(47-20-6-4-7-21-47)49-36-40-52-45(42-49)34-38-57-58-39-35-46-43-50(72(48-22-8-5-9-23-48)63-31-18-28-59-56-27-13-17-33-65(56)74-69(59)63)37-41-53(46)67(58)70(66(52)57)60-29-14-10-25-54(60)55-26-11-15-30-61(55)70/h3-43H,1H2,2H3/b62-19+. The molecule has 0 bridgehead atoms. The monoisotopic (exact) mass is 978 g/mol. The third-order valence-electron chi connectivity index (χ3n) is 15.8. The second-order valence-electron chi connectivity index (χ2n) is 19.6. The molecule has 2 nitrogen and oxygen atoms in total. The van der Waals surface area contributed by atoms with E-state index in [4.69, 9.17) is 0 Å². The van der Waals surface area contributed by atoms with Crippen molar-refractivity contribution in [3.8, 4) is 22.3 Å². The number of hydrogen-bond donors (Lipinski definition) is 0. The normalized spacial score (nSPS) is 13.2. The zero-order valence-electron chi connectivity index (χ0n) is 40.6. The third-order valence-corrected chi connectivity index (χ3v) is 18.3. The van der Waals surface area contributed by atoms with Gasteiger partial charge >= 0.3 is 0 Å². The van der Waals surface area contributed by atoms with Crippen LogP contribution in [0.4, 0.5) is 28.4 Å². The summed E-state index contributed by atoms with van der Waals surface area (Å²) < 4.78 is 3.86. The molecule has 0 saturated heterocycles. The first kappa shape index (κ1) is 42.8. The van der Waals surface area contributed by atoms with Gasteiger partial charge in [-0.2, -0.15) is 0 Å². The average Bonchev–Trinajstić information content (AvgIpc) is 4.23. The lowest BCUT2D eigenvalue weighted by Gasteiger charge is -2.33. The Balaban J connectivity index is 0.957. The van der Waals surface area contributed by atoms with Crippen molar-refractivity contribution < 1.29 is 0 Å². The maximum absolute atomic E-state index is 4.25. The first-order chi connectivity index (χ1) is 36.6.